The molecule has 0 N–H and O–H groups in total. The molecule has 0 spiro atoms. The SMILES string of the molecule is O=C(COC(=O)[C@@H]1CC(=O)N(c2ccc(Oc3ccccc3-c3ccccc3)cc2)C1)c1ccc(F)cc1. The summed E-state index contributed by atoms with van der Waals surface area (Å²) < 4.78 is 24.3. The molecule has 0 aromatic heterocycles. The van der Waals surface area contributed by atoms with Crippen molar-refractivity contribution in [1.82, 2.24) is 0 Å². The molecule has 4 aromatic rings. The average Bonchev–Trinajstić information content (AvgIpc) is 3.34. The molecular weight excluding hydrogens is 485 g/mol. The lowest BCUT2D eigenvalue weighted by molar-refractivity contribution is -0.147. The van der Waals surface area contributed by atoms with E-state index in [1.54, 1.807) is 24.3 Å². The third-order valence-electron chi connectivity index (χ3n) is 6.32. The topological polar surface area (TPSA) is 72.9 Å². The fourth-order valence-electron chi connectivity index (χ4n) is 4.32. The second-order valence-electron chi connectivity index (χ2n) is 8.90. The monoisotopic (exact) mass is 509 g/mol. The molecule has 0 unspecified atom stereocenters. The summed E-state index contributed by atoms with van der Waals surface area (Å²) in [5, 5.41) is 0. The average molecular weight is 510 g/mol. The van der Waals surface area contributed by atoms with E-state index in [1.165, 1.54) is 29.2 Å². The lowest BCUT2D eigenvalue weighted by Gasteiger charge is -2.17. The van der Waals surface area contributed by atoms with Gasteiger partial charge in [-0.2, -0.15) is 0 Å². The van der Waals surface area contributed by atoms with Crippen molar-refractivity contribution in [2.45, 2.75) is 6.42 Å². The molecule has 1 atom stereocenters. The summed E-state index contributed by atoms with van der Waals surface area (Å²) in [4.78, 5) is 38.9. The Labute approximate surface area is 219 Å². The zero-order valence-corrected chi connectivity index (χ0v) is 20.4. The maximum absolute atomic E-state index is 13.0. The molecule has 0 aliphatic carbocycles. The van der Waals surface area contributed by atoms with Gasteiger partial charge in [0, 0.05) is 29.8 Å². The molecule has 0 radical (unpaired) electrons. The molecule has 6 nitrogen and oxygen atoms in total. The second-order valence-corrected chi connectivity index (χ2v) is 8.90. The number of hydrogen-bond acceptors (Lipinski definition) is 5. The van der Waals surface area contributed by atoms with Crippen LogP contribution in [-0.2, 0) is 14.3 Å². The van der Waals surface area contributed by atoms with Gasteiger partial charge in [0.1, 0.15) is 17.3 Å². The van der Waals surface area contributed by atoms with Crippen molar-refractivity contribution in [2.75, 3.05) is 18.1 Å². The van der Waals surface area contributed by atoms with E-state index in [-0.39, 0.29) is 24.4 Å². The Morgan fingerprint density at radius 2 is 1.53 bits per heavy atom. The Morgan fingerprint density at radius 3 is 2.26 bits per heavy atom. The van der Waals surface area contributed by atoms with Crippen LogP contribution in [0.3, 0.4) is 0 Å². The second kappa shape index (κ2) is 11.1. The minimum atomic E-state index is -0.683. The van der Waals surface area contributed by atoms with E-state index in [9.17, 15) is 18.8 Å². The van der Waals surface area contributed by atoms with Gasteiger partial charge < -0.3 is 14.4 Å². The molecule has 190 valence electrons. The van der Waals surface area contributed by atoms with Crippen molar-refractivity contribution in [3.05, 3.63) is 115 Å². The van der Waals surface area contributed by atoms with Crippen LogP contribution in [0.2, 0.25) is 0 Å². The first-order valence-corrected chi connectivity index (χ1v) is 12.2. The summed E-state index contributed by atoms with van der Waals surface area (Å²) in [7, 11) is 0. The van der Waals surface area contributed by atoms with E-state index in [0.29, 0.717) is 17.2 Å². The number of esters is 1. The molecule has 5 rings (SSSR count). The smallest absolute Gasteiger partial charge is 0.311 e. The van der Waals surface area contributed by atoms with Crippen LogP contribution < -0.4 is 9.64 Å². The van der Waals surface area contributed by atoms with Crippen LogP contribution in [0.5, 0.6) is 11.5 Å². The Morgan fingerprint density at radius 1 is 0.842 bits per heavy atom. The normalized spacial score (nSPS) is 14.8. The Kier molecular flexibility index (Phi) is 7.26. The lowest BCUT2D eigenvalue weighted by Crippen LogP contribution is -2.27. The lowest BCUT2D eigenvalue weighted by atomic mass is 10.0. The molecule has 0 saturated carbocycles. The number of anilines is 1. The maximum atomic E-state index is 13.0. The van der Waals surface area contributed by atoms with E-state index >= 15 is 0 Å². The predicted octanol–water partition coefficient (Wildman–Crippen LogP) is 6.06. The van der Waals surface area contributed by atoms with Gasteiger partial charge in [-0.25, -0.2) is 4.39 Å². The van der Waals surface area contributed by atoms with E-state index in [0.717, 1.165) is 11.1 Å². The van der Waals surface area contributed by atoms with Crippen molar-refractivity contribution < 1.29 is 28.2 Å². The quantitative estimate of drug-likeness (QED) is 0.213. The number of carbonyl (C=O) groups excluding carboxylic acids is 3. The summed E-state index contributed by atoms with van der Waals surface area (Å²) in [6.45, 7) is -0.314. The van der Waals surface area contributed by atoms with Gasteiger partial charge in [-0.15, -0.1) is 0 Å². The number of ketones is 1. The Balaban J connectivity index is 1.20. The number of benzene rings is 4. The maximum Gasteiger partial charge on any atom is 0.311 e. The van der Waals surface area contributed by atoms with Crippen molar-refractivity contribution in [3.8, 4) is 22.6 Å². The van der Waals surface area contributed by atoms with E-state index in [1.807, 2.05) is 54.6 Å². The number of ether oxygens (including phenoxy) is 2. The Hall–Kier alpha value is -4.78. The van der Waals surface area contributed by atoms with Gasteiger partial charge in [-0.05, 0) is 60.2 Å². The number of Topliss-reactive ketones (excluding diaryl/α,β-unsaturated/α-hetero) is 1. The molecule has 0 bridgehead atoms. The van der Waals surface area contributed by atoms with Gasteiger partial charge in [0.2, 0.25) is 5.91 Å². The molecule has 1 fully saturated rings. The molecule has 4 aromatic carbocycles. The first-order valence-electron chi connectivity index (χ1n) is 12.2. The predicted molar refractivity (Wildman–Crippen MR) is 141 cm³/mol. The van der Waals surface area contributed by atoms with Crippen LogP contribution in [-0.4, -0.2) is 30.8 Å². The van der Waals surface area contributed by atoms with Gasteiger partial charge in [0.25, 0.3) is 0 Å². The van der Waals surface area contributed by atoms with Crippen molar-refractivity contribution in [2.24, 2.45) is 5.92 Å². The zero-order chi connectivity index (χ0) is 26.5. The van der Waals surface area contributed by atoms with Gasteiger partial charge in [0.05, 0.1) is 5.92 Å². The number of halogens is 1. The van der Waals surface area contributed by atoms with E-state index in [2.05, 4.69) is 0 Å². The van der Waals surface area contributed by atoms with E-state index < -0.39 is 30.1 Å². The summed E-state index contributed by atoms with van der Waals surface area (Å²) in [6.07, 6.45) is -0.00766. The van der Waals surface area contributed by atoms with Gasteiger partial charge in [-0.3, -0.25) is 14.4 Å². The molecule has 1 amide bonds. The third-order valence-corrected chi connectivity index (χ3v) is 6.32. The highest BCUT2D eigenvalue weighted by Gasteiger charge is 2.36. The van der Waals surface area contributed by atoms with Crippen LogP contribution >= 0.6 is 0 Å². The highest BCUT2D eigenvalue weighted by atomic mass is 19.1. The molecule has 38 heavy (non-hydrogen) atoms. The summed E-state index contributed by atoms with van der Waals surface area (Å²) in [6, 6.07) is 29.8. The number of para-hydroxylation sites is 1. The number of rotatable bonds is 8. The number of hydrogen-bond donors (Lipinski definition) is 0. The van der Waals surface area contributed by atoms with Gasteiger partial charge in [0.15, 0.2) is 12.4 Å². The van der Waals surface area contributed by atoms with Crippen molar-refractivity contribution in [3.63, 3.8) is 0 Å². The fourth-order valence-corrected chi connectivity index (χ4v) is 4.32. The van der Waals surface area contributed by atoms with Crippen LogP contribution in [0.1, 0.15) is 16.8 Å². The van der Waals surface area contributed by atoms with Crippen LogP contribution in [0, 0.1) is 11.7 Å². The largest absolute Gasteiger partial charge is 0.457 e. The highest BCUT2D eigenvalue weighted by Crippen LogP contribution is 2.34. The van der Waals surface area contributed by atoms with E-state index in [4.69, 9.17) is 9.47 Å². The molecular formula is C31H24FNO5. The molecule has 7 heteroatoms. The molecule has 1 heterocycles. The minimum Gasteiger partial charge on any atom is -0.457 e. The first kappa shape index (κ1) is 24.9. The first-order chi connectivity index (χ1) is 18.5. The minimum absolute atomic E-state index is 0.00766. The molecule has 1 aliphatic rings. The van der Waals surface area contributed by atoms with Gasteiger partial charge >= 0.3 is 5.97 Å². The fraction of sp³-hybridized carbons (Fsp3) is 0.129. The standard InChI is InChI=1S/C31H24FNO5/c32-24-12-10-22(11-13-24)28(34)20-37-31(36)23-18-30(35)33(19-23)25-14-16-26(17-15-25)38-29-9-5-4-8-27(29)21-6-2-1-3-7-21/h1-17,23H,18-20H2/t23-/m1/s1. The highest BCUT2D eigenvalue weighted by molar-refractivity contribution is 6.01. The number of nitrogens with zero attached hydrogens (tertiary/aromatic N) is 1. The summed E-state index contributed by atoms with van der Waals surface area (Å²) >= 11 is 0. The number of carbonyl (C=O) groups is 3. The van der Waals surface area contributed by atoms with Crippen LogP contribution in [0.25, 0.3) is 11.1 Å². The number of amides is 1. The molecule has 1 saturated heterocycles. The summed E-state index contributed by atoms with van der Waals surface area (Å²) in [5.74, 6) is -1.09. The van der Waals surface area contributed by atoms with Gasteiger partial charge in [-0.1, -0.05) is 48.5 Å². The Bertz CT molecular complexity index is 1450. The van der Waals surface area contributed by atoms with Crippen molar-refractivity contribution in [1.29, 1.82) is 0 Å². The van der Waals surface area contributed by atoms with Crippen molar-refractivity contribution >= 4 is 23.3 Å². The zero-order valence-electron chi connectivity index (χ0n) is 20.4. The summed E-state index contributed by atoms with van der Waals surface area (Å²) in [5.41, 5.74) is 2.89. The van der Waals surface area contributed by atoms with Crippen LogP contribution in [0.4, 0.5) is 10.1 Å². The third kappa shape index (κ3) is 5.62. The van der Waals surface area contributed by atoms with Crippen LogP contribution in [0.15, 0.2) is 103 Å². The molecule has 1 aliphatic heterocycles.